The number of aromatic nitrogens is 3. The van der Waals surface area contributed by atoms with Crippen molar-refractivity contribution in [1.29, 1.82) is 0 Å². The first-order valence-corrected chi connectivity index (χ1v) is 8.93. The normalized spacial score (nSPS) is 11.6. The summed E-state index contributed by atoms with van der Waals surface area (Å²) < 4.78 is 6.56. The smallest absolute Gasteiger partial charge is 0.325 e. The maximum Gasteiger partial charge on any atom is 0.325 e. The zero-order valence-electron chi connectivity index (χ0n) is 16.6. The monoisotopic (exact) mass is 360 g/mol. The van der Waals surface area contributed by atoms with Crippen LogP contribution in [0.4, 0.5) is 0 Å². The average molecular weight is 360 g/mol. The third kappa shape index (κ3) is 3.86. The lowest BCUT2D eigenvalue weighted by Gasteiger charge is -2.26. The highest BCUT2D eigenvalue weighted by molar-refractivity contribution is 6.06. The van der Waals surface area contributed by atoms with Crippen LogP contribution in [0.25, 0.3) is 11.0 Å². The van der Waals surface area contributed by atoms with Crippen molar-refractivity contribution in [3.63, 3.8) is 0 Å². The highest BCUT2D eigenvalue weighted by atomic mass is 16.5. The predicted molar refractivity (Wildman–Crippen MR) is 100 cm³/mol. The second kappa shape index (κ2) is 7.85. The van der Waals surface area contributed by atoms with E-state index in [1.807, 2.05) is 52.3 Å². The molecule has 0 fully saturated rings. The molecular weight excluding hydrogens is 332 g/mol. The van der Waals surface area contributed by atoms with E-state index < -0.39 is 5.97 Å². The van der Waals surface area contributed by atoms with Gasteiger partial charge in [0.1, 0.15) is 6.54 Å². The molecule has 1 amide bonds. The van der Waals surface area contributed by atoms with Crippen molar-refractivity contribution in [3.05, 3.63) is 23.5 Å². The maximum atomic E-state index is 13.3. The summed E-state index contributed by atoms with van der Waals surface area (Å²) in [5.74, 6) is -0.503. The zero-order valence-corrected chi connectivity index (χ0v) is 16.6. The van der Waals surface area contributed by atoms with E-state index in [0.29, 0.717) is 16.6 Å². The molecule has 0 saturated carbocycles. The predicted octanol–water partition coefficient (Wildman–Crippen LogP) is 3.16. The Kier molecular flexibility index (Phi) is 6.00. The van der Waals surface area contributed by atoms with E-state index in [1.165, 1.54) is 12.0 Å². The van der Waals surface area contributed by atoms with Crippen molar-refractivity contribution in [3.8, 4) is 0 Å². The van der Waals surface area contributed by atoms with Crippen LogP contribution in [-0.4, -0.2) is 51.2 Å². The van der Waals surface area contributed by atoms with Gasteiger partial charge in [-0.2, -0.15) is 5.10 Å². The summed E-state index contributed by atoms with van der Waals surface area (Å²) in [6.07, 6.45) is 1.68. The van der Waals surface area contributed by atoms with Crippen molar-refractivity contribution in [2.24, 2.45) is 0 Å². The molecule has 0 atom stereocenters. The SMILES string of the molecule is COC(=O)CN(C(=O)c1cc(C(C)C)nc2c1cnn2C(C)C)C(C)C. The lowest BCUT2D eigenvalue weighted by Crippen LogP contribution is -2.41. The van der Waals surface area contributed by atoms with E-state index in [4.69, 9.17) is 9.72 Å². The molecule has 2 aromatic rings. The molecule has 7 heteroatoms. The Bertz CT molecular complexity index is 808. The van der Waals surface area contributed by atoms with E-state index in [0.717, 1.165) is 5.69 Å². The van der Waals surface area contributed by atoms with Crippen LogP contribution in [0.3, 0.4) is 0 Å². The summed E-state index contributed by atoms with van der Waals surface area (Å²) in [6.45, 7) is 11.8. The van der Waals surface area contributed by atoms with Gasteiger partial charge in [-0.25, -0.2) is 9.67 Å². The second-order valence-electron chi connectivity index (χ2n) is 7.27. The number of pyridine rings is 1. The van der Waals surface area contributed by atoms with Crippen LogP contribution in [0.2, 0.25) is 0 Å². The molecule has 2 heterocycles. The fraction of sp³-hybridized carbons (Fsp3) is 0.579. The molecule has 0 spiro atoms. The number of methoxy groups -OCH3 is 1. The fourth-order valence-corrected chi connectivity index (χ4v) is 2.74. The minimum Gasteiger partial charge on any atom is -0.468 e. The van der Waals surface area contributed by atoms with Gasteiger partial charge in [-0.3, -0.25) is 9.59 Å². The van der Waals surface area contributed by atoms with Crippen LogP contribution in [0.15, 0.2) is 12.3 Å². The molecule has 2 aromatic heterocycles. The molecule has 0 aliphatic carbocycles. The molecule has 26 heavy (non-hydrogen) atoms. The molecule has 0 saturated heterocycles. The molecule has 2 rings (SSSR count). The van der Waals surface area contributed by atoms with E-state index in [1.54, 1.807) is 6.20 Å². The van der Waals surface area contributed by atoms with Gasteiger partial charge < -0.3 is 9.64 Å². The molecule has 0 aromatic carbocycles. The minimum atomic E-state index is -0.445. The third-order valence-electron chi connectivity index (χ3n) is 4.31. The molecule has 0 radical (unpaired) electrons. The van der Waals surface area contributed by atoms with Crippen molar-refractivity contribution in [2.75, 3.05) is 13.7 Å². The lowest BCUT2D eigenvalue weighted by molar-refractivity contribution is -0.141. The van der Waals surface area contributed by atoms with Crippen LogP contribution >= 0.6 is 0 Å². The van der Waals surface area contributed by atoms with Crippen LogP contribution in [0.5, 0.6) is 0 Å². The van der Waals surface area contributed by atoms with Crippen molar-refractivity contribution >= 4 is 22.9 Å². The Balaban J connectivity index is 2.62. The van der Waals surface area contributed by atoms with Gasteiger partial charge in [-0.15, -0.1) is 0 Å². The zero-order chi connectivity index (χ0) is 19.6. The quantitative estimate of drug-likeness (QED) is 0.740. The van der Waals surface area contributed by atoms with Gasteiger partial charge in [0.05, 0.1) is 24.3 Å². The Morgan fingerprint density at radius 3 is 2.35 bits per heavy atom. The van der Waals surface area contributed by atoms with Crippen molar-refractivity contribution in [2.45, 2.75) is 59.5 Å². The highest BCUT2D eigenvalue weighted by Crippen LogP contribution is 2.25. The number of nitrogens with zero attached hydrogens (tertiary/aromatic N) is 4. The number of hydrogen-bond acceptors (Lipinski definition) is 5. The van der Waals surface area contributed by atoms with E-state index >= 15 is 0 Å². The molecule has 7 nitrogen and oxygen atoms in total. The van der Waals surface area contributed by atoms with Gasteiger partial charge in [0.2, 0.25) is 0 Å². The first-order valence-electron chi connectivity index (χ1n) is 8.93. The number of fused-ring (bicyclic) bond motifs is 1. The summed E-state index contributed by atoms with van der Waals surface area (Å²) in [6, 6.07) is 1.79. The number of ether oxygens (including phenoxy) is 1. The number of rotatable bonds is 6. The number of carbonyl (C=O) groups is 2. The van der Waals surface area contributed by atoms with Crippen molar-refractivity contribution in [1.82, 2.24) is 19.7 Å². The first-order chi connectivity index (χ1) is 12.2. The second-order valence-corrected chi connectivity index (χ2v) is 7.27. The fourth-order valence-electron chi connectivity index (χ4n) is 2.74. The number of esters is 1. The summed E-state index contributed by atoms with van der Waals surface area (Å²) in [4.78, 5) is 31.2. The standard InChI is InChI=1S/C19H28N4O3/c1-11(2)16-8-14(15-9-20-23(13(5)6)18(15)21-16)19(25)22(12(3)4)10-17(24)26-7/h8-9,11-13H,10H2,1-7H3. The Morgan fingerprint density at radius 2 is 1.85 bits per heavy atom. The molecule has 0 aliphatic rings. The van der Waals surface area contributed by atoms with Gasteiger partial charge in [0, 0.05) is 17.8 Å². The van der Waals surface area contributed by atoms with Gasteiger partial charge in [-0.05, 0) is 39.7 Å². The topological polar surface area (TPSA) is 77.3 Å². The highest BCUT2D eigenvalue weighted by Gasteiger charge is 2.26. The van der Waals surface area contributed by atoms with Crippen LogP contribution in [0.1, 0.15) is 69.6 Å². The minimum absolute atomic E-state index is 0.0911. The largest absolute Gasteiger partial charge is 0.468 e. The first kappa shape index (κ1) is 19.9. The number of amides is 1. The Hall–Kier alpha value is -2.44. The van der Waals surface area contributed by atoms with Gasteiger partial charge in [0.15, 0.2) is 5.65 Å². The average Bonchev–Trinajstić information content (AvgIpc) is 3.01. The van der Waals surface area contributed by atoms with Gasteiger partial charge in [0.25, 0.3) is 5.91 Å². The summed E-state index contributed by atoms with van der Waals surface area (Å²) in [7, 11) is 1.32. The van der Waals surface area contributed by atoms with Crippen molar-refractivity contribution < 1.29 is 14.3 Å². The van der Waals surface area contributed by atoms with Gasteiger partial charge in [-0.1, -0.05) is 13.8 Å². The summed E-state index contributed by atoms with van der Waals surface area (Å²) >= 11 is 0. The number of hydrogen-bond donors (Lipinski definition) is 0. The molecule has 0 N–H and O–H groups in total. The third-order valence-corrected chi connectivity index (χ3v) is 4.31. The molecular formula is C19H28N4O3. The molecule has 0 unspecified atom stereocenters. The summed E-state index contributed by atoms with van der Waals surface area (Å²) in [5.41, 5.74) is 2.03. The molecule has 0 aliphatic heterocycles. The van der Waals surface area contributed by atoms with Crippen LogP contribution in [0, 0.1) is 0 Å². The lowest BCUT2D eigenvalue weighted by atomic mass is 10.0. The van der Waals surface area contributed by atoms with E-state index in [9.17, 15) is 9.59 Å². The van der Waals surface area contributed by atoms with Gasteiger partial charge >= 0.3 is 5.97 Å². The molecule has 142 valence electrons. The maximum absolute atomic E-state index is 13.3. The van der Waals surface area contributed by atoms with Crippen LogP contribution in [-0.2, 0) is 9.53 Å². The molecule has 0 bridgehead atoms. The van der Waals surface area contributed by atoms with E-state index in [-0.39, 0.29) is 30.5 Å². The van der Waals surface area contributed by atoms with E-state index in [2.05, 4.69) is 5.10 Å². The van der Waals surface area contributed by atoms with Crippen LogP contribution < -0.4 is 0 Å². The number of carbonyl (C=O) groups excluding carboxylic acids is 2. The Morgan fingerprint density at radius 1 is 1.19 bits per heavy atom. The Labute approximate surface area is 154 Å². The summed E-state index contributed by atoms with van der Waals surface area (Å²) in [5, 5.41) is 5.11.